The minimum Gasteiger partial charge on any atom is -0.593 e. The smallest absolute Gasteiger partial charge is 0.291 e. The molecule has 1 N–H and O–H groups in total. The highest BCUT2D eigenvalue weighted by Gasteiger charge is 2.48. The van der Waals surface area contributed by atoms with Crippen LogP contribution in [0.2, 0.25) is 0 Å². The van der Waals surface area contributed by atoms with E-state index in [0.29, 0.717) is 23.3 Å². The minimum absolute atomic E-state index is 0.222. The van der Waals surface area contributed by atoms with Gasteiger partial charge in [0.25, 0.3) is 6.43 Å². The lowest BCUT2D eigenvalue weighted by Crippen LogP contribution is -2.35. The quantitative estimate of drug-likeness (QED) is 0.577. The highest BCUT2D eigenvalue weighted by Crippen LogP contribution is 2.38. The second-order valence-corrected chi connectivity index (χ2v) is 9.61. The van der Waals surface area contributed by atoms with Crippen LogP contribution < -0.4 is 9.62 Å². The van der Waals surface area contributed by atoms with Gasteiger partial charge in [-0.1, -0.05) is 11.3 Å². The number of hydrogen-bond donors (Lipinski definition) is 1. The first kappa shape index (κ1) is 19.6. The molecule has 2 fully saturated rings. The van der Waals surface area contributed by atoms with Crippen molar-refractivity contribution in [2.24, 2.45) is 0 Å². The van der Waals surface area contributed by atoms with Crippen molar-refractivity contribution in [3.05, 3.63) is 23.3 Å². The zero-order valence-electron chi connectivity index (χ0n) is 15.7. The van der Waals surface area contributed by atoms with Gasteiger partial charge >= 0.3 is 0 Å². The number of nitriles is 1. The van der Waals surface area contributed by atoms with Crippen LogP contribution in [0.5, 0.6) is 0 Å². The first-order chi connectivity index (χ1) is 14.5. The van der Waals surface area contributed by atoms with Crippen LogP contribution in [0, 0.1) is 11.3 Å². The molecule has 1 atom stereocenters. The summed E-state index contributed by atoms with van der Waals surface area (Å²) in [5.41, 5.74) is 0.768. The third-order valence-corrected chi connectivity index (χ3v) is 7.50. The van der Waals surface area contributed by atoms with Crippen molar-refractivity contribution in [1.82, 2.24) is 24.7 Å². The van der Waals surface area contributed by atoms with Gasteiger partial charge in [0.1, 0.15) is 5.54 Å². The van der Waals surface area contributed by atoms with Crippen molar-refractivity contribution in [3.8, 4) is 11.2 Å². The van der Waals surface area contributed by atoms with E-state index in [2.05, 4.69) is 31.0 Å². The fourth-order valence-electron chi connectivity index (χ4n) is 3.56. The van der Waals surface area contributed by atoms with Crippen LogP contribution >= 0.6 is 11.3 Å². The van der Waals surface area contributed by atoms with Crippen LogP contribution in [0.3, 0.4) is 0 Å². The Kier molecular flexibility index (Phi) is 4.85. The Morgan fingerprint density at radius 3 is 2.67 bits per heavy atom. The number of rotatable bonds is 6. The van der Waals surface area contributed by atoms with E-state index in [1.165, 1.54) is 4.68 Å². The molecule has 2 aromatic heterocycles. The maximum Gasteiger partial charge on any atom is 0.291 e. The van der Waals surface area contributed by atoms with Crippen molar-refractivity contribution in [1.29, 1.82) is 5.26 Å². The van der Waals surface area contributed by atoms with Gasteiger partial charge in [-0.3, -0.25) is 0 Å². The van der Waals surface area contributed by atoms with Crippen LogP contribution in [0.4, 0.5) is 14.5 Å². The van der Waals surface area contributed by atoms with E-state index in [1.807, 2.05) is 6.07 Å². The zero-order valence-corrected chi connectivity index (χ0v) is 17.3. The van der Waals surface area contributed by atoms with Gasteiger partial charge in [0.2, 0.25) is 5.13 Å². The molecule has 1 saturated carbocycles. The monoisotopic (exact) mass is 449 g/mol. The second kappa shape index (κ2) is 7.42. The van der Waals surface area contributed by atoms with E-state index in [0.717, 1.165) is 48.3 Å². The molecule has 1 aromatic carbocycles. The molecule has 1 saturated heterocycles. The summed E-state index contributed by atoms with van der Waals surface area (Å²) >= 11 is -0.831. The second-order valence-electron chi connectivity index (χ2n) is 7.41. The van der Waals surface area contributed by atoms with E-state index >= 15 is 0 Å². The molecule has 1 unspecified atom stereocenters. The predicted octanol–water partition coefficient (Wildman–Crippen LogP) is 3.08. The average molecular weight is 450 g/mol. The van der Waals surface area contributed by atoms with Crippen molar-refractivity contribution in [3.63, 3.8) is 0 Å². The van der Waals surface area contributed by atoms with Gasteiger partial charge < -0.3 is 9.45 Å². The van der Waals surface area contributed by atoms with Crippen LogP contribution in [-0.4, -0.2) is 43.2 Å². The Hall–Kier alpha value is -2.33. The molecule has 30 heavy (non-hydrogen) atoms. The lowest BCUT2D eigenvalue weighted by molar-refractivity contribution is 0.150. The van der Waals surface area contributed by atoms with Crippen LogP contribution in [0.1, 0.15) is 37.1 Å². The van der Waals surface area contributed by atoms with Crippen LogP contribution in [0.25, 0.3) is 16.0 Å². The number of aromatic nitrogens is 4. The molecule has 5 rings (SSSR count). The van der Waals surface area contributed by atoms with E-state index in [-0.39, 0.29) is 10.1 Å². The van der Waals surface area contributed by atoms with Gasteiger partial charge in [-0.15, -0.1) is 14.9 Å². The van der Waals surface area contributed by atoms with Crippen molar-refractivity contribution in [2.75, 3.05) is 18.0 Å². The molecule has 1 aliphatic heterocycles. The first-order valence-corrected chi connectivity index (χ1v) is 11.5. The van der Waals surface area contributed by atoms with Gasteiger partial charge in [0.15, 0.2) is 9.90 Å². The highest BCUT2D eigenvalue weighted by atomic mass is 32.2. The highest BCUT2D eigenvalue weighted by molar-refractivity contribution is 7.89. The number of alkyl halides is 2. The number of anilines is 1. The number of fused-ring (bicyclic) bond motifs is 1. The third-order valence-electron chi connectivity index (χ3n) is 5.35. The maximum atomic E-state index is 13.0. The lowest BCUT2D eigenvalue weighted by atomic mass is 10.2. The molecule has 0 bridgehead atoms. The standard InChI is InChI=1S/C18H17F2N7OS2/c19-15(20)16-23-24-17(29-16)27-14-8-11(30(28)25-18(10-21)3-4-18)7-13(12(14)9-22-27)26-5-1-2-6-26/h7-9,15,25H,1-6H2. The van der Waals surface area contributed by atoms with Gasteiger partial charge in [-0.05, 0) is 25.7 Å². The Morgan fingerprint density at radius 1 is 1.27 bits per heavy atom. The van der Waals surface area contributed by atoms with Gasteiger partial charge in [-0.2, -0.15) is 10.4 Å². The van der Waals surface area contributed by atoms with Crippen LogP contribution in [0.15, 0.2) is 23.2 Å². The summed E-state index contributed by atoms with van der Waals surface area (Å²) in [6, 6.07) is 5.76. The summed E-state index contributed by atoms with van der Waals surface area (Å²) in [5, 5.41) is 21.7. The molecule has 3 heterocycles. The van der Waals surface area contributed by atoms with Crippen molar-refractivity contribution >= 4 is 39.3 Å². The maximum absolute atomic E-state index is 13.0. The lowest BCUT2D eigenvalue weighted by Gasteiger charge is -2.21. The topological polar surface area (TPSA) is 106 Å². The molecular weight excluding hydrogens is 432 g/mol. The van der Waals surface area contributed by atoms with E-state index in [4.69, 9.17) is 0 Å². The first-order valence-electron chi connectivity index (χ1n) is 9.49. The third kappa shape index (κ3) is 3.41. The molecule has 0 radical (unpaired) electrons. The number of halogens is 2. The fraction of sp³-hybridized carbons (Fsp3) is 0.444. The number of hydrogen-bond acceptors (Lipinski definition) is 8. The van der Waals surface area contributed by atoms with E-state index in [1.54, 1.807) is 12.3 Å². The normalized spacial score (nSPS) is 18.8. The summed E-state index contributed by atoms with van der Waals surface area (Å²) in [4.78, 5) is 2.71. The largest absolute Gasteiger partial charge is 0.593 e. The Bertz CT molecular complexity index is 1130. The van der Waals surface area contributed by atoms with E-state index < -0.39 is 23.3 Å². The molecule has 12 heteroatoms. The summed E-state index contributed by atoms with van der Waals surface area (Å²) in [7, 11) is 0. The molecule has 0 spiro atoms. The predicted molar refractivity (Wildman–Crippen MR) is 108 cm³/mol. The zero-order chi connectivity index (χ0) is 20.9. The van der Waals surface area contributed by atoms with Crippen molar-refractivity contribution in [2.45, 2.75) is 42.5 Å². The number of benzene rings is 1. The molecule has 8 nitrogen and oxygen atoms in total. The van der Waals surface area contributed by atoms with Gasteiger partial charge in [-0.25, -0.2) is 13.5 Å². The SMILES string of the molecule is N#CC1(N[S+]([O-])c2cc(N3CCCC3)c3cnn(-c4nnc(C(F)F)s4)c3c2)CC1. The molecule has 1 aliphatic carbocycles. The Morgan fingerprint density at radius 2 is 2.03 bits per heavy atom. The molecular formula is C18H17F2N7OS2. The van der Waals surface area contributed by atoms with Crippen molar-refractivity contribution < 1.29 is 13.3 Å². The molecule has 3 aromatic rings. The fourth-order valence-corrected chi connectivity index (χ4v) is 5.39. The summed E-state index contributed by atoms with van der Waals surface area (Å²) in [6.45, 7) is 1.75. The Balaban J connectivity index is 1.60. The average Bonchev–Trinajstić information content (AvgIpc) is 3.20. The van der Waals surface area contributed by atoms with Crippen LogP contribution in [-0.2, 0) is 11.4 Å². The molecule has 156 valence electrons. The number of nitrogens with one attached hydrogen (secondary N) is 1. The summed E-state index contributed by atoms with van der Waals surface area (Å²) < 4.78 is 43.3. The number of nitrogens with zero attached hydrogens (tertiary/aromatic N) is 6. The van der Waals surface area contributed by atoms with E-state index in [9.17, 15) is 18.6 Å². The van der Waals surface area contributed by atoms with Gasteiger partial charge in [0.05, 0.1) is 34.8 Å². The Labute approximate surface area is 177 Å². The summed E-state index contributed by atoms with van der Waals surface area (Å²) in [5.74, 6) is 0. The summed E-state index contributed by atoms with van der Waals surface area (Å²) in [6.07, 6.45) is 2.42. The van der Waals surface area contributed by atoms with Gasteiger partial charge in [0, 0.05) is 30.6 Å². The minimum atomic E-state index is -2.70. The molecule has 2 aliphatic rings. The molecule has 0 amide bonds.